The van der Waals surface area contributed by atoms with E-state index in [0.717, 1.165) is 5.56 Å². The van der Waals surface area contributed by atoms with Crippen LogP contribution in [0.3, 0.4) is 0 Å². The molecule has 0 aliphatic rings. The average Bonchev–Trinajstić information content (AvgIpc) is 2.58. The van der Waals surface area contributed by atoms with Crippen molar-refractivity contribution in [3.63, 3.8) is 0 Å². The number of amides is 1. The molecular formula is C16H19N3O3. The van der Waals surface area contributed by atoms with Crippen LogP contribution in [0.15, 0.2) is 48.8 Å². The lowest BCUT2D eigenvalue weighted by Crippen LogP contribution is -2.26. The van der Waals surface area contributed by atoms with Crippen molar-refractivity contribution in [3.8, 4) is 0 Å². The molecule has 1 unspecified atom stereocenters. The SMILES string of the molecule is O=C(NCc1cccnc1)c1ccccc1NCC(O)CO. The van der Waals surface area contributed by atoms with E-state index < -0.39 is 6.10 Å². The number of rotatable bonds is 7. The fourth-order valence-electron chi connectivity index (χ4n) is 1.91. The predicted molar refractivity (Wildman–Crippen MR) is 83.4 cm³/mol. The summed E-state index contributed by atoms with van der Waals surface area (Å²) in [4.78, 5) is 16.3. The summed E-state index contributed by atoms with van der Waals surface area (Å²) in [6.07, 6.45) is 2.51. The first-order chi connectivity index (χ1) is 10.7. The Morgan fingerprint density at radius 1 is 1.23 bits per heavy atom. The second-order valence-electron chi connectivity index (χ2n) is 4.81. The number of carbonyl (C=O) groups excluding carboxylic acids is 1. The largest absolute Gasteiger partial charge is 0.394 e. The highest BCUT2D eigenvalue weighted by molar-refractivity contribution is 5.99. The second-order valence-corrected chi connectivity index (χ2v) is 4.81. The molecule has 1 aromatic carbocycles. The van der Waals surface area contributed by atoms with E-state index in [4.69, 9.17) is 5.11 Å². The van der Waals surface area contributed by atoms with Crippen LogP contribution in [-0.2, 0) is 6.54 Å². The van der Waals surface area contributed by atoms with Crippen LogP contribution in [0, 0.1) is 0 Å². The first kappa shape index (κ1) is 15.9. The van der Waals surface area contributed by atoms with Gasteiger partial charge in [-0.3, -0.25) is 9.78 Å². The maximum atomic E-state index is 12.3. The van der Waals surface area contributed by atoms with E-state index >= 15 is 0 Å². The number of aromatic nitrogens is 1. The smallest absolute Gasteiger partial charge is 0.253 e. The van der Waals surface area contributed by atoms with Crippen LogP contribution in [0.4, 0.5) is 5.69 Å². The van der Waals surface area contributed by atoms with Gasteiger partial charge < -0.3 is 20.8 Å². The molecule has 116 valence electrons. The molecule has 0 saturated heterocycles. The van der Waals surface area contributed by atoms with E-state index in [2.05, 4.69) is 15.6 Å². The first-order valence-electron chi connectivity index (χ1n) is 6.99. The molecule has 0 spiro atoms. The molecule has 1 atom stereocenters. The summed E-state index contributed by atoms with van der Waals surface area (Å²) in [6.45, 7) is 0.228. The predicted octanol–water partition coefficient (Wildman–Crippen LogP) is 0.777. The minimum absolute atomic E-state index is 0.170. The summed E-state index contributed by atoms with van der Waals surface area (Å²) in [7, 11) is 0. The van der Waals surface area contributed by atoms with E-state index in [9.17, 15) is 9.90 Å². The Bertz CT molecular complexity index is 605. The summed E-state index contributed by atoms with van der Waals surface area (Å²) in [5.74, 6) is -0.217. The van der Waals surface area contributed by atoms with Gasteiger partial charge >= 0.3 is 0 Å². The lowest BCUT2D eigenvalue weighted by molar-refractivity contribution is 0.0950. The molecule has 2 aromatic rings. The zero-order valence-electron chi connectivity index (χ0n) is 12.1. The zero-order valence-corrected chi connectivity index (χ0v) is 12.1. The number of aliphatic hydroxyl groups excluding tert-OH is 2. The Balaban J connectivity index is 1.99. The number of nitrogens with one attached hydrogen (secondary N) is 2. The number of hydrogen-bond acceptors (Lipinski definition) is 5. The number of carbonyl (C=O) groups is 1. The molecular weight excluding hydrogens is 282 g/mol. The van der Waals surface area contributed by atoms with Crippen molar-refractivity contribution in [1.82, 2.24) is 10.3 Å². The van der Waals surface area contributed by atoms with Crippen LogP contribution >= 0.6 is 0 Å². The van der Waals surface area contributed by atoms with Crippen LogP contribution < -0.4 is 10.6 Å². The molecule has 1 amide bonds. The lowest BCUT2D eigenvalue weighted by Gasteiger charge is -2.14. The number of hydrogen-bond donors (Lipinski definition) is 4. The summed E-state index contributed by atoms with van der Waals surface area (Å²) < 4.78 is 0. The van der Waals surface area contributed by atoms with Gasteiger partial charge in [-0.15, -0.1) is 0 Å². The number of para-hydroxylation sites is 1. The third kappa shape index (κ3) is 4.54. The van der Waals surface area contributed by atoms with Crippen LogP contribution in [0.5, 0.6) is 0 Å². The Labute approximate surface area is 128 Å². The van der Waals surface area contributed by atoms with Crippen LogP contribution in [-0.4, -0.2) is 40.4 Å². The van der Waals surface area contributed by atoms with Gasteiger partial charge in [0.15, 0.2) is 0 Å². The quantitative estimate of drug-likeness (QED) is 0.606. The van der Waals surface area contributed by atoms with Crippen molar-refractivity contribution in [3.05, 3.63) is 59.9 Å². The molecule has 6 nitrogen and oxygen atoms in total. The molecule has 22 heavy (non-hydrogen) atoms. The summed E-state index contributed by atoms with van der Waals surface area (Å²) in [6, 6.07) is 10.7. The van der Waals surface area contributed by atoms with E-state index in [-0.39, 0.29) is 19.1 Å². The van der Waals surface area contributed by atoms with Gasteiger partial charge in [-0.1, -0.05) is 18.2 Å². The van der Waals surface area contributed by atoms with Crippen molar-refractivity contribution < 1.29 is 15.0 Å². The molecule has 4 N–H and O–H groups in total. The Morgan fingerprint density at radius 2 is 2.05 bits per heavy atom. The standard InChI is InChI=1S/C16H19N3O3/c20-11-13(21)10-18-15-6-2-1-5-14(15)16(22)19-9-12-4-3-7-17-8-12/h1-8,13,18,20-21H,9-11H2,(H,19,22). The summed E-state index contributed by atoms with van der Waals surface area (Å²) in [5, 5.41) is 24.0. The third-order valence-electron chi connectivity index (χ3n) is 3.09. The fraction of sp³-hybridized carbons (Fsp3) is 0.250. The van der Waals surface area contributed by atoms with Gasteiger partial charge in [-0.05, 0) is 23.8 Å². The van der Waals surface area contributed by atoms with Crippen molar-refractivity contribution in [1.29, 1.82) is 0 Å². The molecule has 0 fully saturated rings. The minimum atomic E-state index is -0.869. The van der Waals surface area contributed by atoms with Crippen LogP contribution in [0.25, 0.3) is 0 Å². The molecule has 0 aliphatic carbocycles. The van der Waals surface area contributed by atoms with Gasteiger partial charge in [-0.25, -0.2) is 0 Å². The minimum Gasteiger partial charge on any atom is -0.394 e. The van der Waals surface area contributed by atoms with E-state index in [1.54, 1.807) is 36.7 Å². The summed E-state index contributed by atoms with van der Waals surface area (Å²) in [5.41, 5.74) is 2.01. The van der Waals surface area contributed by atoms with Crippen molar-refractivity contribution in [2.75, 3.05) is 18.5 Å². The van der Waals surface area contributed by atoms with E-state index in [1.807, 2.05) is 12.1 Å². The molecule has 0 radical (unpaired) electrons. The van der Waals surface area contributed by atoms with Gasteiger partial charge in [0.05, 0.1) is 18.3 Å². The maximum Gasteiger partial charge on any atom is 0.253 e. The number of anilines is 1. The molecule has 0 saturated carbocycles. The average molecular weight is 301 g/mol. The van der Waals surface area contributed by atoms with Crippen LogP contribution in [0.2, 0.25) is 0 Å². The second kappa shape index (κ2) is 8.11. The molecule has 2 rings (SSSR count). The number of benzene rings is 1. The van der Waals surface area contributed by atoms with Crippen molar-refractivity contribution in [2.24, 2.45) is 0 Å². The monoisotopic (exact) mass is 301 g/mol. The molecule has 1 heterocycles. The lowest BCUT2D eigenvalue weighted by atomic mass is 10.1. The highest BCUT2D eigenvalue weighted by atomic mass is 16.3. The number of pyridine rings is 1. The number of aliphatic hydroxyl groups is 2. The van der Waals surface area contributed by atoms with Crippen LogP contribution in [0.1, 0.15) is 15.9 Å². The molecule has 6 heteroatoms. The normalized spacial score (nSPS) is 11.7. The topological polar surface area (TPSA) is 94.5 Å². The molecule has 0 aliphatic heterocycles. The van der Waals surface area contributed by atoms with Gasteiger partial charge in [-0.2, -0.15) is 0 Å². The first-order valence-corrected chi connectivity index (χ1v) is 6.99. The van der Waals surface area contributed by atoms with Gasteiger partial charge in [0.25, 0.3) is 5.91 Å². The van der Waals surface area contributed by atoms with Gasteiger partial charge in [0.2, 0.25) is 0 Å². The van der Waals surface area contributed by atoms with Crippen molar-refractivity contribution in [2.45, 2.75) is 12.6 Å². The van der Waals surface area contributed by atoms with E-state index in [1.165, 1.54) is 0 Å². The maximum absolute atomic E-state index is 12.3. The zero-order chi connectivity index (χ0) is 15.8. The fourth-order valence-corrected chi connectivity index (χ4v) is 1.91. The van der Waals surface area contributed by atoms with Crippen molar-refractivity contribution >= 4 is 11.6 Å². The highest BCUT2D eigenvalue weighted by Crippen LogP contribution is 2.15. The Morgan fingerprint density at radius 3 is 2.77 bits per heavy atom. The molecule has 0 bridgehead atoms. The Hall–Kier alpha value is -2.44. The Kier molecular flexibility index (Phi) is 5.88. The third-order valence-corrected chi connectivity index (χ3v) is 3.09. The highest BCUT2D eigenvalue weighted by Gasteiger charge is 2.11. The summed E-state index contributed by atoms with van der Waals surface area (Å²) >= 11 is 0. The van der Waals surface area contributed by atoms with E-state index in [0.29, 0.717) is 17.8 Å². The van der Waals surface area contributed by atoms with Gasteiger partial charge in [0.1, 0.15) is 0 Å². The number of nitrogens with zero attached hydrogens (tertiary/aromatic N) is 1. The van der Waals surface area contributed by atoms with Gasteiger partial charge in [0, 0.05) is 31.2 Å². The molecule has 1 aromatic heterocycles.